The van der Waals surface area contributed by atoms with E-state index in [4.69, 9.17) is 0 Å². The molecule has 1 saturated heterocycles. The van der Waals surface area contributed by atoms with Gasteiger partial charge in [-0.3, -0.25) is 25.0 Å². The molecule has 0 aliphatic carbocycles. The summed E-state index contributed by atoms with van der Waals surface area (Å²) in [6.45, 7) is 0.935. The summed E-state index contributed by atoms with van der Waals surface area (Å²) in [7, 11) is 0. The summed E-state index contributed by atoms with van der Waals surface area (Å²) in [5.74, 6) is -0.532. The molecule has 11 nitrogen and oxygen atoms in total. The van der Waals surface area contributed by atoms with E-state index in [0.717, 1.165) is 37.8 Å². The van der Waals surface area contributed by atoms with Crippen molar-refractivity contribution in [2.45, 2.75) is 21.6 Å². The van der Waals surface area contributed by atoms with Gasteiger partial charge in [-0.2, -0.15) is 0 Å². The molecule has 2 heterocycles. The van der Waals surface area contributed by atoms with Gasteiger partial charge in [0.05, 0.1) is 26.1 Å². The van der Waals surface area contributed by atoms with E-state index in [1.165, 1.54) is 48.5 Å². The first-order chi connectivity index (χ1) is 21.8. The molecule has 6 rings (SSSR count). The topological polar surface area (TPSA) is 139 Å². The number of urea groups is 1. The predicted molar refractivity (Wildman–Crippen MR) is 173 cm³/mol. The van der Waals surface area contributed by atoms with Crippen LogP contribution in [0.1, 0.15) is 22.9 Å². The van der Waals surface area contributed by atoms with Crippen LogP contribution >= 0.6 is 23.5 Å². The highest BCUT2D eigenvalue weighted by Gasteiger charge is 2.41. The summed E-state index contributed by atoms with van der Waals surface area (Å²) in [5.41, 5.74) is 3.10. The number of hydrogen-bond donors (Lipinski definition) is 1. The van der Waals surface area contributed by atoms with E-state index < -0.39 is 27.2 Å². The third-order valence-corrected chi connectivity index (χ3v) is 9.66. The molecule has 1 unspecified atom stereocenters. The zero-order chi connectivity index (χ0) is 31.5. The fraction of sp³-hybridized carbons (Fsp3) is 0.125. The van der Waals surface area contributed by atoms with Crippen molar-refractivity contribution < 1.29 is 19.4 Å². The van der Waals surface area contributed by atoms with Gasteiger partial charge >= 0.3 is 6.03 Å². The number of para-hydroxylation sites is 2. The van der Waals surface area contributed by atoms with E-state index in [-0.39, 0.29) is 16.3 Å². The number of amides is 3. The maximum Gasteiger partial charge on any atom is 0.325 e. The maximum atomic E-state index is 13.6. The number of hydrogen-bond acceptors (Lipinski definition) is 9. The average molecular weight is 640 g/mol. The summed E-state index contributed by atoms with van der Waals surface area (Å²) < 4.78 is 0. The number of carbonyl (C=O) groups is 2. The van der Waals surface area contributed by atoms with Gasteiger partial charge in [-0.1, -0.05) is 47.8 Å². The molecule has 2 aliphatic rings. The zero-order valence-corrected chi connectivity index (χ0v) is 25.2. The van der Waals surface area contributed by atoms with Crippen LogP contribution in [0.25, 0.3) is 6.08 Å². The normalized spacial score (nSPS) is 16.3. The van der Waals surface area contributed by atoms with Crippen LogP contribution in [0, 0.1) is 20.2 Å². The lowest BCUT2D eigenvalue weighted by molar-refractivity contribution is -0.385. The summed E-state index contributed by atoms with van der Waals surface area (Å²) in [6, 6.07) is 27.2. The molecule has 1 N–H and O–H groups in total. The molecule has 0 aromatic heterocycles. The highest BCUT2D eigenvalue weighted by molar-refractivity contribution is 8.04. The number of non-ortho nitro benzene ring substituents is 2. The van der Waals surface area contributed by atoms with Gasteiger partial charge in [0, 0.05) is 47.1 Å². The van der Waals surface area contributed by atoms with Gasteiger partial charge in [-0.05, 0) is 72.2 Å². The van der Waals surface area contributed by atoms with Crippen molar-refractivity contribution in [1.29, 1.82) is 0 Å². The fourth-order valence-electron chi connectivity index (χ4n) is 5.10. The Balaban J connectivity index is 1.19. The van der Waals surface area contributed by atoms with E-state index >= 15 is 0 Å². The summed E-state index contributed by atoms with van der Waals surface area (Å²) in [5, 5.41) is 24.4. The molecule has 2 aliphatic heterocycles. The van der Waals surface area contributed by atoms with Gasteiger partial charge in [0.15, 0.2) is 0 Å². The standard InChI is InChI=1S/C32H25N5O6S2/c38-30-29(20-21-10-14-23(15-11-21)36(40)41)45-31(22-12-16-24(17-13-22)37(42)43)35(30)32(39)33-18-5-19-34-25-6-1-3-8-27(25)44-28-9-4-2-7-26(28)34/h1-4,6-17,20,31H,5,18-19H2,(H,33,39)/b29-20+. The van der Waals surface area contributed by atoms with Crippen LogP contribution in [0.4, 0.5) is 27.5 Å². The average Bonchev–Trinajstić information content (AvgIpc) is 3.38. The maximum absolute atomic E-state index is 13.6. The second kappa shape index (κ2) is 12.8. The van der Waals surface area contributed by atoms with Gasteiger partial charge in [0.25, 0.3) is 17.3 Å². The van der Waals surface area contributed by atoms with Crippen LogP contribution in [-0.4, -0.2) is 39.8 Å². The van der Waals surface area contributed by atoms with Gasteiger partial charge in [0.2, 0.25) is 0 Å². The minimum absolute atomic E-state index is 0.0809. The minimum Gasteiger partial charge on any atom is -0.340 e. The monoisotopic (exact) mass is 639 g/mol. The minimum atomic E-state index is -0.763. The molecule has 4 aromatic rings. The van der Waals surface area contributed by atoms with Crippen molar-refractivity contribution in [2.24, 2.45) is 0 Å². The van der Waals surface area contributed by atoms with Gasteiger partial charge in [0.1, 0.15) is 5.37 Å². The predicted octanol–water partition coefficient (Wildman–Crippen LogP) is 7.52. The fourth-order valence-corrected chi connectivity index (χ4v) is 7.43. The molecule has 0 bridgehead atoms. The van der Waals surface area contributed by atoms with Crippen molar-refractivity contribution in [3.63, 3.8) is 0 Å². The van der Waals surface area contributed by atoms with Crippen molar-refractivity contribution in [2.75, 3.05) is 18.0 Å². The molecule has 3 amide bonds. The van der Waals surface area contributed by atoms with Gasteiger partial charge in [-0.25, -0.2) is 9.69 Å². The van der Waals surface area contributed by atoms with Crippen LogP contribution in [-0.2, 0) is 4.79 Å². The Bertz CT molecular complexity index is 1790. The van der Waals surface area contributed by atoms with E-state index in [9.17, 15) is 29.8 Å². The molecule has 0 saturated carbocycles. The van der Waals surface area contributed by atoms with Crippen LogP contribution in [0.15, 0.2) is 112 Å². The largest absolute Gasteiger partial charge is 0.340 e. The Morgan fingerprint density at radius 3 is 1.96 bits per heavy atom. The number of imide groups is 1. The molecule has 4 aromatic carbocycles. The number of nitro groups is 2. The molecule has 45 heavy (non-hydrogen) atoms. The van der Waals surface area contributed by atoms with Crippen LogP contribution < -0.4 is 10.2 Å². The number of anilines is 2. The number of rotatable bonds is 8. The highest BCUT2D eigenvalue weighted by atomic mass is 32.2. The van der Waals surface area contributed by atoms with Crippen LogP contribution in [0.3, 0.4) is 0 Å². The lowest BCUT2D eigenvalue weighted by Gasteiger charge is -2.32. The van der Waals surface area contributed by atoms with Crippen molar-refractivity contribution in [3.8, 4) is 0 Å². The number of thioether (sulfide) groups is 1. The Morgan fingerprint density at radius 1 is 0.822 bits per heavy atom. The molecule has 13 heteroatoms. The first-order valence-electron chi connectivity index (χ1n) is 13.9. The summed E-state index contributed by atoms with van der Waals surface area (Å²) >= 11 is 2.86. The van der Waals surface area contributed by atoms with E-state index in [1.54, 1.807) is 17.8 Å². The third kappa shape index (κ3) is 6.26. The second-order valence-electron chi connectivity index (χ2n) is 10.1. The molecule has 0 spiro atoms. The third-order valence-electron chi connectivity index (χ3n) is 7.28. The Hall–Kier alpha value is -5.14. The number of nitrogens with zero attached hydrogens (tertiary/aromatic N) is 4. The first kappa shape index (κ1) is 29.9. The Morgan fingerprint density at radius 2 is 1.38 bits per heavy atom. The molecular formula is C32H25N5O6S2. The quantitative estimate of drug-likeness (QED) is 0.0897. The Kier molecular flexibility index (Phi) is 8.54. The van der Waals surface area contributed by atoms with Crippen LogP contribution in [0.2, 0.25) is 0 Å². The molecule has 1 fully saturated rings. The molecule has 0 radical (unpaired) electrons. The summed E-state index contributed by atoms with van der Waals surface area (Å²) in [6.07, 6.45) is 2.17. The zero-order valence-electron chi connectivity index (χ0n) is 23.6. The molecule has 226 valence electrons. The number of nitro benzene ring substituents is 2. The van der Waals surface area contributed by atoms with Crippen molar-refractivity contribution in [1.82, 2.24) is 10.2 Å². The number of fused-ring (bicyclic) bond motifs is 2. The van der Waals surface area contributed by atoms with Crippen LogP contribution in [0.5, 0.6) is 0 Å². The summed E-state index contributed by atoms with van der Waals surface area (Å²) in [4.78, 5) is 54.2. The van der Waals surface area contributed by atoms with Gasteiger partial charge < -0.3 is 10.2 Å². The number of nitrogens with one attached hydrogen (secondary N) is 1. The number of benzene rings is 4. The van der Waals surface area contributed by atoms with Crippen molar-refractivity contribution >= 4 is 64.3 Å². The SMILES string of the molecule is O=C(NCCCN1c2ccccc2Sc2ccccc21)N1C(=O)/C(=C\c2ccc([N+](=O)[O-])cc2)SC1c1ccc([N+](=O)[O-])cc1. The lowest BCUT2D eigenvalue weighted by Crippen LogP contribution is -2.42. The van der Waals surface area contributed by atoms with Gasteiger partial charge in [-0.15, -0.1) is 0 Å². The first-order valence-corrected chi connectivity index (χ1v) is 15.6. The molecular weight excluding hydrogens is 615 g/mol. The smallest absolute Gasteiger partial charge is 0.325 e. The van der Waals surface area contributed by atoms with E-state index in [1.807, 2.05) is 24.3 Å². The highest BCUT2D eigenvalue weighted by Crippen LogP contribution is 2.48. The Labute approximate surface area is 266 Å². The second-order valence-corrected chi connectivity index (χ2v) is 12.3. The molecule has 1 atom stereocenters. The van der Waals surface area contributed by atoms with Crippen molar-refractivity contribution in [3.05, 3.63) is 133 Å². The van der Waals surface area contributed by atoms with E-state index in [2.05, 4.69) is 34.5 Å². The lowest BCUT2D eigenvalue weighted by atomic mass is 10.1. The van der Waals surface area contributed by atoms with E-state index in [0.29, 0.717) is 30.6 Å². The number of carbonyl (C=O) groups excluding carboxylic acids is 2.